The first-order valence-corrected chi connectivity index (χ1v) is 7.83. The number of esters is 1. The lowest BCUT2D eigenvalue weighted by atomic mass is 9.97. The third-order valence-corrected chi connectivity index (χ3v) is 4.42. The lowest BCUT2D eigenvalue weighted by Gasteiger charge is -2.25. The average molecular weight is 308 g/mol. The van der Waals surface area contributed by atoms with Gasteiger partial charge in [-0.1, -0.05) is 23.9 Å². The van der Waals surface area contributed by atoms with Crippen molar-refractivity contribution in [2.45, 2.75) is 30.5 Å². The number of nitrogens with one attached hydrogen (secondary N) is 1. The fourth-order valence-corrected chi connectivity index (χ4v) is 2.83. The second-order valence-electron chi connectivity index (χ2n) is 4.97. The highest BCUT2D eigenvalue weighted by atomic mass is 32.2. The van der Waals surface area contributed by atoms with Crippen LogP contribution in [0.2, 0.25) is 0 Å². The van der Waals surface area contributed by atoms with E-state index in [1.807, 2.05) is 31.2 Å². The van der Waals surface area contributed by atoms with Crippen LogP contribution >= 0.6 is 11.8 Å². The second-order valence-corrected chi connectivity index (χ2v) is 6.02. The van der Waals surface area contributed by atoms with Crippen LogP contribution in [0.5, 0.6) is 0 Å². The van der Waals surface area contributed by atoms with Gasteiger partial charge in [-0.25, -0.2) is 4.98 Å². The van der Waals surface area contributed by atoms with E-state index < -0.39 is 5.54 Å². The van der Waals surface area contributed by atoms with Gasteiger partial charge >= 0.3 is 5.97 Å². The highest BCUT2D eigenvalue weighted by Crippen LogP contribution is 2.25. The van der Waals surface area contributed by atoms with Crippen LogP contribution in [-0.4, -0.2) is 36.4 Å². The van der Waals surface area contributed by atoms with Crippen LogP contribution in [0.15, 0.2) is 33.9 Å². The van der Waals surface area contributed by atoms with Crippen molar-refractivity contribution in [3.05, 3.63) is 24.3 Å². The van der Waals surface area contributed by atoms with Crippen LogP contribution < -0.4 is 5.32 Å². The minimum absolute atomic E-state index is 0.239. The predicted octanol–water partition coefficient (Wildman–Crippen LogP) is 2.85. The van der Waals surface area contributed by atoms with Gasteiger partial charge in [0.1, 0.15) is 11.1 Å². The Bertz CT molecular complexity index is 581. The molecular formula is C15H20N2O3S. The summed E-state index contributed by atoms with van der Waals surface area (Å²) < 4.78 is 10.5. The van der Waals surface area contributed by atoms with Crippen molar-refractivity contribution in [1.29, 1.82) is 0 Å². The molecule has 21 heavy (non-hydrogen) atoms. The summed E-state index contributed by atoms with van der Waals surface area (Å²) in [4.78, 5) is 16.1. The number of likely N-dealkylation sites (N-methyl/N-ethyl adjacent to an activating group) is 1. The molecule has 0 amide bonds. The molecule has 0 aliphatic rings. The molecule has 1 unspecified atom stereocenters. The largest absolute Gasteiger partial charge is 0.468 e. The summed E-state index contributed by atoms with van der Waals surface area (Å²) in [5.41, 5.74) is 1.03. The van der Waals surface area contributed by atoms with Crippen LogP contribution in [0.1, 0.15) is 19.8 Å². The Hall–Kier alpha value is -1.53. The molecule has 0 fully saturated rings. The van der Waals surface area contributed by atoms with Gasteiger partial charge < -0.3 is 14.5 Å². The number of methoxy groups -OCH3 is 1. The third-order valence-electron chi connectivity index (χ3n) is 3.51. The zero-order chi connectivity index (χ0) is 15.3. The van der Waals surface area contributed by atoms with E-state index in [9.17, 15) is 4.79 Å². The number of hydrogen-bond acceptors (Lipinski definition) is 6. The third kappa shape index (κ3) is 3.77. The number of fused-ring (bicyclic) bond motifs is 1. The molecule has 2 rings (SSSR count). The minimum Gasteiger partial charge on any atom is -0.468 e. The maximum Gasteiger partial charge on any atom is 0.325 e. The minimum atomic E-state index is -0.642. The number of para-hydroxylation sites is 2. The summed E-state index contributed by atoms with van der Waals surface area (Å²) in [6.07, 6.45) is 1.55. The number of carbonyl (C=O) groups is 1. The number of rotatable bonds is 7. The molecule has 0 saturated carbocycles. The molecule has 114 valence electrons. The Balaban J connectivity index is 1.85. The molecule has 1 atom stereocenters. The van der Waals surface area contributed by atoms with Crippen LogP contribution in [0.25, 0.3) is 11.1 Å². The average Bonchev–Trinajstić information content (AvgIpc) is 2.93. The van der Waals surface area contributed by atoms with Crippen molar-refractivity contribution < 1.29 is 13.9 Å². The summed E-state index contributed by atoms with van der Waals surface area (Å²) in [6, 6.07) is 7.70. The number of ether oxygens (including phenoxy) is 1. The molecule has 0 bridgehead atoms. The Morgan fingerprint density at radius 2 is 2.24 bits per heavy atom. The van der Waals surface area contributed by atoms with E-state index in [2.05, 4.69) is 10.3 Å². The summed E-state index contributed by atoms with van der Waals surface area (Å²) >= 11 is 1.56. The number of oxazole rings is 1. The van der Waals surface area contributed by atoms with Gasteiger partial charge in [0.2, 0.25) is 0 Å². The molecule has 0 aliphatic heterocycles. The maximum atomic E-state index is 11.7. The SMILES string of the molecule is CNC(C)(CCCSc1nc2ccccc2o1)C(=O)OC. The Kier molecular flexibility index (Phi) is 5.25. The monoisotopic (exact) mass is 308 g/mol. The van der Waals surface area contributed by atoms with Crippen LogP contribution in [0.4, 0.5) is 0 Å². The smallest absolute Gasteiger partial charge is 0.325 e. The first kappa shape index (κ1) is 15.9. The van der Waals surface area contributed by atoms with Crippen molar-refractivity contribution in [1.82, 2.24) is 10.3 Å². The molecule has 0 spiro atoms. The lowest BCUT2D eigenvalue weighted by Crippen LogP contribution is -2.48. The van der Waals surface area contributed by atoms with E-state index in [0.29, 0.717) is 11.6 Å². The summed E-state index contributed by atoms with van der Waals surface area (Å²) in [5, 5.41) is 3.69. The molecule has 0 saturated heterocycles. The zero-order valence-electron chi connectivity index (χ0n) is 12.5. The van der Waals surface area contributed by atoms with Crippen molar-refractivity contribution in [2.24, 2.45) is 0 Å². The Labute approximate surface area is 128 Å². The molecule has 2 aromatic rings. The van der Waals surface area contributed by atoms with Gasteiger partial charge in [-0.3, -0.25) is 4.79 Å². The normalized spacial score (nSPS) is 14.0. The molecule has 5 nitrogen and oxygen atoms in total. The van der Waals surface area contributed by atoms with E-state index in [4.69, 9.17) is 9.15 Å². The van der Waals surface area contributed by atoms with Gasteiger partial charge in [0, 0.05) is 5.75 Å². The first-order chi connectivity index (χ1) is 10.1. The molecule has 1 aromatic heterocycles. The summed E-state index contributed by atoms with van der Waals surface area (Å²) in [6.45, 7) is 1.85. The molecule has 6 heteroatoms. The van der Waals surface area contributed by atoms with Gasteiger partial charge in [0.05, 0.1) is 7.11 Å². The van der Waals surface area contributed by atoms with Gasteiger partial charge in [-0.15, -0.1) is 0 Å². The van der Waals surface area contributed by atoms with Crippen molar-refractivity contribution in [2.75, 3.05) is 19.9 Å². The highest BCUT2D eigenvalue weighted by molar-refractivity contribution is 7.99. The van der Waals surface area contributed by atoms with Gasteiger partial charge in [0.25, 0.3) is 5.22 Å². The lowest BCUT2D eigenvalue weighted by molar-refractivity contribution is -0.148. The topological polar surface area (TPSA) is 64.4 Å². The number of carbonyl (C=O) groups excluding carboxylic acids is 1. The molecule has 1 N–H and O–H groups in total. The number of benzene rings is 1. The molecule has 0 radical (unpaired) electrons. The van der Waals surface area contributed by atoms with E-state index in [1.165, 1.54) is 7.11 Å². The zero-order valence-corrected chi connectivity index (χ0v) is 13.3. The second kappa shape index (κ2) is 6.95. The number of aromatic nitrogens is 1. The predicted molar refractivity (Wildman–Crippen MR) is 83.4 cm³/mol. The number of hydrogen-bond donors (Lipinski definition) is 1. The fraction of sp³-hybridized carbons (Fsp3) is 0.467. The molecular weight excluding hydrogens is 288 g/mol. The van der Waals surface area contributed by atoms with Crippen LogP contribution in [0.3, 0.4) is 0 Å². The van der Waals surface area contributed by atoms with Gasteiger partial charge in [-0.2, -0.15) is 0 Å². The fourth-order valence-electron chi connectivity index (χ4n) is 2.05. The highest BCUT2D eigenvalue weighted by Gasteiger charge is 2.31. The molecule has 1 aromatic carbocycles. The summed E-state index contributed by atoms with van der Waals surface area (Å²) in [7, 11) is 3.18. The van der Waals surface area contributed by atoms with E-state index in [0.717, 1.165) is 23.3 Å². The molecule has 1 heterocycles. The van der Waals surface area contributed by atoms with E-state index >= 15 is 0 Å². The van der Waals surface area contributed by atoms with Crippen LogP contribution in [-0.2, 0) is 9.53 Å². The van der Waals surface area contributed by atoms with Crippen molar-refractivity contribution in [3.63, 3.8) is 0 Å². The number of nitrogens with zero attached hydrogens (tertiary/aromatic N) is 1. The van der Waals surface area contributed by atoms with Crippen molar-refractivity contribution >= 4 is 28.8 Å². The maximum absolute atomic E-state index is 11.7. The van der Waals surface area contributed by atoms with Crippen LogP contribution in [0, 0.1) is 0 Å². The van der Waals surface area contributed by atoms with Crippen molar-refractivity contribution in [3.8, 4) is 0 Å². The number of thioether (sulfide) groups is 1. The quantitative estimate of drug-likeness (QED) is 0.482. The van der Waals surface area contributed by atoms with E-state index in [-0.39, 0.29) is 5.97 Å². The summed E-state index contributed by atoms with van der Waals surface area (Å²) in [5.74, 6) is 0.595. The first-order valence-electron chi connectivity index (χ1n) is 6.85. The Morgan fingerprint density at radius 3 is 2.90 bits per heavy atom. The molecule has 0 aliphatic carbocycles. The van der Waals surface area contributed by atoms with Gasteiger partial charge in [0.15, 0.2) is 5.58 Å². The standard InChI is InChI=1S/C15H20N2O3S/c1-15(16-2,13(18)19-3)9-6-10-21-14-17-11-7-4-5-8-12(11)20-14/h4-5,7-8,16H,6,9-10H2,1-3H3. The Morgan fingerprint density at radius 1 is 1.48 bits per heavy atom. The van der Waals surface area contributed by atoms with E-state index in [1.54, 1.807) is 18.8 Å². The van der Waals surface area contributed by atoms with Gasteiger partial charge in [-0.05, 0) is 38.9 Å².